The number of nitrogens with one attached hydrogen (secondary N) is 8. The van der Waals surface area contributed by atoms with E-state index in [0.717, 1.165) is 19.1 Å². The van der Waals surface area contributed by atoms with Crippen molar-refractivity contribution in [2.45, 2.75) is 69.7 Å². The molecule has 0 saturated carbocycles. The molecule has 56 heavy (non-hydrogen) atoms. The molecule has 8 N–H and O–H groups in total. The molecule has 0 aromatic carbocycles. The van der Waals surface area contributed by atoms with Gasteiger partial charge in [0.15, 0.2) is 0 Å². The van der Waals surface area contributed by atoms with Gasteiger partial charge in [0, 0.05) is 31.8 Å². The molecule has 3 atom stereocenters. The van der Waals surface area contributed by atoms with Crippen molar-refractivity contribution in [1.82, 2.24) is 47.4 Å². The third-order valence-electron chi connectivity index (χ3n) is 7.26. The highest BCUT2D eigenvalue weighted by molar-refractivity contribution is 7.81. The van der Waals surface area contributed by atoms with Gasteiger partial charge in [0.05, 0.1) is 45.6 Å². The lowest BCUT2D eigenvalue weighted by molar-refractivity contribution is -0.141. The minimum Gasteiger partial charge on any atom is -0.468 e. The summed E-state index contributed by atoms with van der Waals surface area (Å²) >= 11 is 4.10. The Hall–Kier alpha value is -5.81. The lowest BCUT2D eigenvalue weighted by Gasteiger charge is -2.21. The lowest BCUT2D eigenvalue weighted by Crippen LogP contribution is -2.50. The summed E-state index contributed by atoms with van der Waals surface area (Å²) in [5.74, 6) is -7.59. The number of esters is 2. The summed E-state index contributed by atoms with van der Waals surface area (Å²) in [4.78, 5) is 145. The summed E-state index contributed by atoms with van der Waals surface area (Å²) in [6.45, 7) is 0.103. The van der Waals surface area contributed by atoms with E-state index >= 15 is 0 Å². The van der Waals surface area contributed by atoms with Gasteiger partial charge in [-0.05, 0) is 26.2 Å². The Kier molecular flexibility index (Phi) is 25.6. The number of rotatable bonds is 27. The summed E-state index contributed by atoms with van der Waals surface area (Å²) in [5.41, 5.74) is 0. The summed E-state index contributed by atoms with van der Waals surface area (Å²) in [7, 11) is 2.27. The fourth-order valence-corrected chi connectivity index (χ4v) is 4.18. The molecule has 3 unspecified atom stereocenters. The lowest BCUT2D eigenvalue weighted by atomic mass is 10.1. The Morgan fingerprint density at radius 1 is 0.589 bits per heavy atom. The topological polar surface area (TPSA) is 323 Å². The Labute approximate surface area is 328 Å². The molecule has 0 fully saturated rings. The molecule has 0 aromatic heterocycles. The number of thiol groups is 1. The molecule has 10 amide bonds. The van der Waals surface area contributed by atoms with Gasteiger partial charge >= 0.3 is 11.9 Å². The van der Waals surface area contributed by atoms with E-state index < -0.39 is 122 Å². The van der Waals surface area contributed by atoms with Gasteiger partial charge in [-0.2, -0.15) is 12.6 Å². The minimum absolute atomic E-state index is 0.100. The standard InChI is InChI=1S/C32H51N9O14S/c1-5-21(56)32(53)41(18-42)11-10-24(45)40-20(31(52)38-15-28(49)35-14-27(48)37-17-30(51)55-4)7-9-23(44)39-19(2)6-8-22(43)33-12-25(46)34-13-26(47)36-16-29(50)54-3/h18-21,56H,5-17H2,1-4H3,(H,33,43)(H,34,46)(H,35,49)(H,36,47)(H,37,48)(H,38,52)(H,39,44)(H,40,45). The SMILES string of the molecule is CCC(S)C(=O)N(C=O)CCC(=O)NC(CCC(=O)NC(C)CCC(=O)NCC(=O)NCC(=O)NCC(=O)OC)C(=O)NCC(=O)NCC(=O)NCC(=O)OC. The van der Waals surface area contributed by atoms with E-state index in [1.165, 1.54) is 0 Å². The van der Waals surface area contributed by atoms with E-state index in [1.807, 2.05) is 0 Å². The number of carbonyl (C=O) groups excluding carboxylic acids is 12. The first-order chi connectivity index (χ1) is 26.4. The quantitative estimate of drug-likeness (QED) is 0.0213. The minimum atomic E-state index is -1.37. The highest BCUT2D eigenvalue weighted by atomic mass is 32.1. The highest BCUT2D eigenvalue weighted by Crippen LogP contribution is 2.06. The van der Waals surface area contributed by atoms with Crippen molar-refractivity contribution >= 4 is 84.1 Å². The second-order valence-corrected chi connectivity index (χ2v) is 12.4. The number of amides is 10. The Morgan fingerprint density at radius 2 is 1.02 bits per heavy atom. The number of carbonyl (C=O) groups is 12. The van der Waals surface area contributed by atoms with E-state index in [1.54, 1.807) is 13.8 Å². The van der Waals surface area contributed by atoms with E-state index in [0.29, 0.717) is 6.42 Å². The Morgan fingerprint density at radius 3 is 1.48 bits per heavy atom. The van der Waals surface area contributed by atoms with Crippen LogP contribution in [-0.4, -0.2) is 154 Å². The van der Waals surface area contributed by atoms with Crippen molar-refractivity contribution in [3.63, 3.8) is 0 Å². The van der Waals surface area contributed by atoms with Crippen LogP contribution in [0.2, 0.25) is 0 Å². The molecule has 0 aliphatic heterocycles. The number of imide groups is 1. The molecule has 0 heterocycles. The van der Waals surface area contributed by atoms with E-state index in [-0.39, 0.29) is 45.2 Å². The number of nitrogens with zero attached hydrogens (tertiary/aromatic N) is 1. The van der Waals surface area contributed by atoms with Gasteiger partial charge in [-0.3, -0.25) is 62.4 Å². The van der Waals surface area contributed by atoms with Crippen molar-refractivity contribution in [3.8, 4) is 0 Å². The zero-order chi connectivity index (χ0) is 42.6. The first kappa shape index (κ1) is 50.2. The number of methoxy groups -OCH3 is 2. The molecule has 23 nitrogen and oxygen atoms in total. The van der Waals surface area contributed by atoms with Crippen molar-refractivity contribution in [1.29, 1.82) is 0 Å². The van der Waals surface area contributed by atoms with Crippen LogP contribution < -0.4 is 42.5 Å². The van der Waals surface area contributed by atoms with Crippen LogP contribution in [-0.2, 0) is 67.0 Å². The zero-order valence-corrected chi connectivity index (χ0v) is 32.5. The van der Waals surface area contributed by atoms with Crippen LogP contribution in [0, 0.1) is 0 Å². The normalized spacial score (nSPS) is 11.8. The summed E-state index contributed by atoms with van der Waals surface area (Å²) in [5, 5.41) is 17.8. The molecule has 0 saturated heterocycles. The molecule has 0 aliphatic carbocycles. The number of hydrogen-bond acceptors (Lipinski definition) is 15. The van der Waals surface area contributed by atoms with Crippen LogP contribution in [0.5, 0.6) is 0 Å². The summed E-state index contributed by atoms with van der Waals surface area (Å²) < 4.78 is 8.76. The van der Waals surface area contributed by atoms with Crippen LogP contribution >= 0.6 is 12.6 Å². The van der Waals surface area contributed by atoms with E-state index in [2.05, 4.69) is 64.6 Å². The fraction of sp³-hybridized carbons (Fsp3) is 0.625. The second-order valence-electron chi connectivity index (χ2n) is 11.7. The smallest absolute Gasteiger partial charge is 0.325 e. The van der Waals surface area contributed by atoms with Gasteiger partial charge in [0.1, 0.15) is 19.1 Å². The molecule has 0 rings (SSSR count). The molecule has 0 bridgehead atoms. The van der Waals surface area contributed by atoms with Crippen molar-refractivity contribution in [2.24, 2.45) is 0 Å². The fourth-order valence-electron chi connectivity index (χ4n) is 4.03. The maximum absolute atomic E-state index is 13.0. The largest absolute Gasteiger partial charge is 0.468 e. The van der Waals surface area contributed by atoms with Gasteiger partial charge in [-0.1, -0.05) is 6.92 Å². The third-order valence-corrected chi connectivity index (χ3v) is 7.85. The Balaban J connectivity index is 5.09. The Bertz CT molecular complexity index is 1430. The first-order valence-electron chi connectivity index (χ1n) is 17.2. The van der Waals surface area contributed by atoms with Gasteiger partial charge in [-0.15, -0.1) is 0 Å². The van der Waals surface area contributed by atoms with Gasteiger partial charge in [-0.25, -0.2) is 0 Å². The van der Waals surface area contributed by atoms with Crippen LogP contribution in [0.3, 0.4) is 0 Å². The van der Waals surface area contributed by atoms with Crippen molar-refractivity contribution in [3.05, 3.63) is 0 Å². The molecule has 0 radical (unpaired) electrons. The molecule has 24 heteroatoms. The highest BCUT2D eigenvalue weighted by Gasteiger charge is 2.25. The molecule has 314 valence electrons. The predicted octanol–water partition coefficient (Wildman–Crippen LogP) is -5.34. The van der Waals surface area contributed by atoms with Gasteiger partial charge in [0.25, 0.3) is 0 Å². The number of ether oxygens (including phenoxy) is 2. The van der Waals surface area contributed by atoms with Crippen molar-refractivity contribution < 1.29 is 67.0 Å². The van der Waals surface area contributed by atoms with Crippen LogP contribution in [0.1, 0.15) is 52.4 Å². The molecular formula is C32H51N9O14S. The maximum atomic E-state index is 13.0. The van der Waals surface area contributed by atoms with E-state index in [9.17, 15) is 57.5 Å². The first-order valence-corrected chi connectivity index (χ1v) is 17.7. The maximum Gasteiger partial charge on any atom is 0.325 e. The predicted molar refractivity (Wildman–Crippen MR) is 196 cm³/mol. The van der Waals surface area contributed by atoms with Gasteiger partial charge in [0.2, 0.25) is 59.6 Å². The molecule has 0 spiro atoms. The van der Waals surface area contributed by atoms with Crippen LogP contribution in [0.15, 0.2) is 0 Å². The third kappa shape index (κ3) is 23.8. The van der Waals surface area contributed by atoms with Crippen LogP contribution in [0.25, 0.3) is 0 Å². The molecule has 0 aromatic rings. The molecular weight excluding hydrogens is 766 g/mol. The van der Waals surface area contributed by atoms with Crippen molar-refractivity contribution in [2.75, 3.05) is 60.0 Å². The van der Waals surface area contributed by atoms with Gasteiger partial charge < -0.3 is 52.0 Å². The van der Waals surface area contributed by atoms with E-state index in [4.69, 9.17) is 0 Å². The second kappa shape index (κ2) is 28.6. The summed E-state index contributed by atoms with van der Waals surface area (Å²) in [6.07, 6.45) is -0.372. The van der Waals surface area contributed by atoms with Crippen LogP contribution in [0.4, 0.5) is 0 Å². The molecule has 0 aliphatic rings. The number of hydrogen-bond donors (Lipinski definition) is 9. The zero-order valence-electron chi connectivity index (χ0n) is 31.6. The average Bonchev–Trinajstić information content (AvgIpc) is 3.18. The summed E-state index contributed by atoms with van der Waals surface area (Å²) in [6, 6.07) is -1.93. The average molecular weight is 818 g/mol. The monoisotopic (exact) mass is 817 g/mol.